The molecule has 3 rings (SSSR count). The number of aryl methyl sites for hydroxylation is 2. The van der Waals surface area contributed by atoms with Crippen LogP contribution in [0.2, 0.25) is 0 Å². The predicted molar refractivity (Wildman–Crippen MR) is 107 cm³/mol. The lowest BCUT2D eigenvalue weighted by Crippen LogP contribution is -2.03. The quantitative estimate of drug-likeness (QED) is 0.413. The second-order valence-electron chi connectivity index (χ2n) is 6.28. The van der Waals surface area contributed by atoms with Crippen molar-refractivity contribution >= 4 is 16.6 Å². The van der Waals surface area contributed by atoms with E-state index in [4.69, 9.17) is 20.1 Å². The van der Waals surface area contributed by atoms with Crippen LogP contribution in [0.25, 0.3) is 10.9 Å². The number of benzene rings is 2. The van der Waals surface area contributed by atoms with Gasteiger partial charge in [0.1, 0.15) is 11.5 Å². The zero-order valence-electron chi connectivity index (χ0n) is 16.2. The molecule has 0 fully saturated rings. The molecule has 1 aromatic heterocycles. The Kier molecular flexibility index (Phi) is 5.16. The Morgan fingerprint density at radius 3 is 2.26 bits per heavy atom. The highest BCUT2D eigenvalue weighted by Crippen LogP contribution is 2.38. The summed E-state index contributed by atoms with van der Waals surface area (Å²) in [6.07, 6.45) is 1.70. The fourth-order valence-electron chi connectivity index (χ4n) is 2.88. The molecule has 0 aliphatic carbocycles. The van der Waals surface area contributed by atoms with Crippen LogP contribution in [-0.4, -0.2) is 24.9 Å². The Balaban J connectivity index is 2.16. The first kappa shape index (κ1) is 18.5. The molecule has 0 bridgehead atoms. The number of aromatic nitrogens is 1. The first-order valence-corrected chi connectivity index (χ1v) is 8.53. The number of hydrogen-bond acceptors (Lipinski definition) is 6. The number of ether oxygens (including phenoxy) is 3. The molecule has 0 saturated carbocycles. The van der Waals surface area contributed by atoms with Gasteiger partial charge in [0.05, 0.1) is 25.4 Å². The minimum absolute atomic E-state index is 0.614. The Labute approximate surface area is 158 Å². The normalized spacial score (nSPS) is 11.5. The van der Waals surface area contributed by atoms with Gasteiger partial charge in [-0.2, -0.15) is 5.10 Å². The van der Waals surface area contributed by atoms with Crippen molar-refractivity contribution in [1.82, 2.24) is 4.98 Å². The third-order valence-electron chi connectivity index (χ3n) is 4.61. The Morgan fingerprint density at radius 2 is 1.59 bits per heavy atom. The van der Waals surface area contributed by atoms with Crippen molar-refractivity contribution in [3.05, 3.63) is 53.2 Å². The number of nitrogens with two attached hydrogens (primary N) is 1. The van der Waals surface area contributed by atoms with Crippen LogP contribution in [0.3, 0.4) is 0 Å². The van der Waals surface area contributed by atoms with Crippen LogP contribution in [0, 0.1) is 13.8 Å². The summed E-state index contributed by atoms with van der Waals surface area (Å²) in [7, 11) is 3.20. The van der Waals surface area contributed by atoms with E-state index in [1.807, 2.05) is 51.1 Å². The van der Waals surface area contributed by atoms with Crippen LogP contribution in [0.4, 0.5) is 0 Å². The summed E-state index contributed by atoms with van der Waals surface area (Å²) in [5.74, 6) is 8.09. The molecule has 0 radical (unpaired) electrons. The lowest BCUT2D eigenvalue weighted by Gasteiger charge is -2.16. The fourth-order valence-corrected chi connectivity index (χ4v) is 2.88. The molecule has 6 heteroatoms. The first-order valence-electron chi connectivity index (χ1n) is 8.53. The van der Waals surface area contributed by atoms with Gasteiger partial charge >= 0.3 is 0 Å². The van der Waals surface area contributed by atoms with Gasteiger partial charge in [-0.25, -0.2) is 0 Å². The van der Waals surface area contributed by atoms with Gasteiger partial charge in [-0.3, -0.25) is 4.98 Å². The van der Waals surface area contributed by atoms with E-state index in [2.05, 4.69) is 10.1 Å². The number of hydrogen-bond donors (Lipinski definition) is 1. The molecule has 0 saturated heterocycles. The monoisotopic (exact) mass is 365 g/mol. The number of fused-ring (bicyclic) bond motifs is 1. The molecule has 0 aliphatic rings. The summed E-state index contributed by atoms with van der Waals surface area (Å²) < 4.78 is 17.1. The summed E-state index contributed by atoms with van der Waals surface area (Å²) >= 11 is 0. The molecule has 0 amide bonds. The van der Waals surface area contributed by atoms with E-state index in [1.165, 1.54) is 0 Å². The van der Waals surface area contributed by atoms with Crippen molar-refractivity contribution in [2.24, 2.45) is 10.9 Å². The summed E-state index contributed by atoms with van der Waals surface area (Å²) in [6.45, 7) is 5.94. The number of nitrogens with zero attached hydrogens (tertiary/aromatic N) is 2. The standard InChI is InChI=1S/C21H23N3O3/c1-12-8-15(14(3)24-22)19(9-13(12)2)27-18-6-7-23-17-11-21(26-5)20(25-4)10-16(17)18/h6-11H,22H2,1-5H3/b24-14+. The lowest BCUT2D eigenvalue weighted by molar-refractivity contribution is 0.355. The molecule has 0 atom stereocenters. The highest BCUT2D eigenvalue weighted by atomic mass is 16.5. The molecular weight excluding hydrogens is 342 g/mol. The van der Waals surface area contributed by atoms with E-state index < -0.39 is 0 Å². The molecule has 3 aromatic rings. The van der Waals surface area contributed by atoms with E-state index >= 15 is 0 Å². The average Bonchev–Trinajstić information content (AvgIpc) is 2.69. The van der Waals surface area contributed by atoms with Crippen LogP contribution in [0.5, 0.6) is 23.0 Å². The second kappa shape index (κ2) is 7.53. The van der Waals surface area contributed by atoms with Crippen LogP contribution >= 0.6 is 0 Å². The van der Waals surface area contributed by atoms with Crippen molar-refractivity contribution in [2.75, 3.05) is 14.2 Å². The average molecular weight is 365 g/mol. The topological polar surface area (TPSA) is 79.0 Å². The molecule has 0 aliphatic heterocycles. The fraction of sp³-hybridized carbons (Fsp3) is 0.238. The molecule has 0 unspecified atom stereocenters. The zero-order valence-corrected chi connectivity index (χ0v) is 16.2. The molecular formula is C21H23N3O3. The lowest BCUT2D eigenvalue weighted by atomic mass is 10.0. The molecule has 1 heterocycles. The van der Waals surface area contributed by atoms with E-state index in [1.54, 1.807) is 20.4 Å². The van der Waals surface area contributed by atoms with Crippen molar-refractivity contribution in [2.45, 2.75) is 20.8 Å². The smallest absolute Gasteiger partial charge is 0.162 e. The molecule has 2 N–H and O–H groups in total. The maximum atomic E-state index is 6.28. The molecule has 140 valence electrons. The highest BCUT2D eigenvalue weighted by molar-refractivity contribution is 6.01. The van der Waals surface area contributed by atoms with Crippen LogP contribution in [0.15, 0.2) is 41.6 Å². The van der Waals surface area contributed by atoms with Gasteiger partial charge < -0.3 is 20.1 Å². The van der Waals surface area contributed by atoms with Gasteiger partial charge in [-0.15, -0.1) is 0 Å². The van der Waals surface area contributed by atoms with Crippen molar-refractivity contribution in [1.29, 1.82) is 0 Å². The summed E-state index contributed by atoms with van der Waals surface area (Å²) in [6, 6.07) is 9.54. The summed E-state index contributed by atoms with van der Waals surface area (Å²) in [4.78, 5) is 4.41. The number of rotatable bonds is 5. The van der Waals surface area contributed by atoms with Gasteiger partial charge in [0, 0.05) is 23.2 Å². The third-order valence-corrected chi connectivity index (χ3v) is 4.61. The molecule has 0 spiro atoms. The van der Waals surface area contributed by atoms with Crippen LogP contribution < -0.4 is 20.1 Å². The van der Waals surface area contributed by atoms with E-state index in [9.17, 15) is 0 Å². The first-order chi connectivity index (χ1) is 13.0. The number of hydrazone groups is 1. The van der Waals surface area contributed by atoms with Crippen molar-refractivity contribution < 1.29 is 14.2 Å². The maximum absolute atomic E-state index is 6.28. The van der Waals surface area contributed by atoms with Gasteiger partial charge in [0.2, 0.25) is 0 Å². The zero-order chi connectivity index (χ0) is 19.6. The van der Waals surface area contributed by atoms with Crippen LogP contribution in [-0.2, 0) is 0 Å². The molecule has 2 aromatic carbocycles. The predicted octanol–water partition coefficient (Wildman–Crippen LogP) is 4.34. The largest absolute Gasteiger partial charge is 0.493 e. The van der Waals surface area contributed by atoms with Gasteiger partial charge in [0.25, 0.3) is 0 Å². The highest BCUT2D eigenvalue weighted by Gasteiger charge is 2.15. The number of methoxy groups -OCH3 is 2. The maximum Gasteiger partial charge on any atom is 0.162 e. The Morgan fingerprint density at radius 1 is 0.926 bits per heavy atom. The number of pyridine rings is 1. The summed E-state index contributed by atoms with van der Waals surface area (Å²) in [5, 5.41) is 4.65. The van der Waals surface area contributed by atoms with Gasteiger partial charge in [0.15, 0.2) is 11.5 Å². The van der Waals surface area contributed by atoms with E-state index in [-0.39, 0.29) is 0 Å². The van der Waals surface area contributed by atoms with E-state index in [0.717, 1.165) is 27.6 Å². The molecule has 6 nitrogen and oxygen atoms in total. The molecule has 27 heavy (non-hydrogen) atoms. The van der Waals surface area contributed by atoms with E-state index in [0.29, 0.717) is 28.7 Å². The Hall–Kier alpha value is -3.28. The van der Waals surface area contributed by atoms with Gasteiger partial charge in [-0.05, 0) is 56.2 Å². The second-order valence-corrected chi connectivity index (χ2v) is 6.28. The minimum Gasteiger partial charge on any atom is -0.493 e. The van der Waals surface area contributed by atoms with Gasteiger partial charge in [-0.1, -0.05) is 0 Å². The Bertz CT molecular complexity index is 1030. The minimum atomic E-state index is 0.614. The summed E-state index contributed by atoms with van der Waals surface area (Å²) in [5.41, 5.74) is 4.57. The van der Waals surface area contributed by atoms with Crippen LogP contribution in [0.1, 0.15) is 23.6 Å². The SMILES string of the molecule is COc1cc2nccc(Oc3cc(C)c(C)cc3/C(C)=N/N)c2cc1OC. The van der Waals surface area contributed by atoms with Crippen molar-refractivity contribution in [3.63, 3.8) is 0 Å². The van der Waals surface area contributed by atoms with Crippen molar-refractivity contribution in [3.8, 4) is 23.0 Å². The third kappa shape index (κ3) is 3.51.